The molecule has 0 saturated carbocycles. The molecule has 0 aliphatic heterocycles. The van der Waals surface area contributed by atoms with Crippen molar-refractivity contribution in [3.05, 3.63) is 45.6 Å². The number of anilines is 1. The number of hydrogen-bond acceptors (Lipinski definition) is 3. The van der Waals surface area contributed by atoms with E-state index in [1.165, 1.54) is 0 Å². The number of oxazole rings is 1. The molecule has 4 nitrogen and oxygen atoms in total. The first kappa shape index (κ1) is 13.7. The zero-order chi connectivity index (χ0) is 14.2. The Morgan fingerprint density at radius 3 is 2.37 bits per heavy atom. The van der Waals surface area contributed by atoms with Gasteiger partial charge < -0.3 is 9.73 Å². The molecule has 1 aromatic carbocycles. The predicted octanol–water partition coefficient (Wildman–Crippen LogP) is 3.58. The standard InChI is InChI=1S/C12H9BrF2N2O2/c1-5-11(19-6(2)16-5)12(18)17-10-8(14)3-7(13)4-9(10)15/h3-4H,1-2H3,(H,17,18). The first-order chi connectivity index (χ1) is 8.88. The Balaban J connectivity index is 2.32. The van der Waals surface area contributed by atoms with Gasteiger partial charge in [0.25, 0.3) is 5.91 Å². The molecule has 0 unspecified atom stereocenters. The van der Waals surface area contributed by atoms with Gasteiger partial charge in [-0.2, -0.15) is 0 Å². The number of nitrogens with zero attached hydrogens (tertiary/aromatic N) is 1. The minimum atomic E-state index is -0.880. The molecule has 19 heavy (non-hydrogen) atoms. The van der Waals surface area contributed by atoms with Gasteiger partial charge in [0.2, 0.25) is 5.76 Å². The quantitative estimate of drug-likeness (QED) is 0.915. The summed E-state index contributed by atoms with van der Waals surface area (Å²) in [7, 11) is 0. The van der Waals surface area contributed by atoms with Crippen molar-refractivity contribution in [2.75, 3.05) is 5.32 Å². The van der Waals surface area contributed by atoms with Crippen molar-refractivity contribution in [3.8, 4) is 0 Å². The first-order valence-electron chi connectivity index (χ1n) is 5.28. The largest absolute Gasteiger partial charge is 0.436 e. The van der Waals surface area contributed by atoms with Gasteiger partial charge in [-0.3, -0.25) is 4.79 Å². The fourth-order valence-electron chi connectivity index (χ4n) is 1.57. The summed E-state index contributed by atoms with van der Waals surface area (Å²) in [4.78, 5) is 15.8. The molecule has 1 heterocycles. The maximum Gasteiger partial charge on any atom is 0.293 e. The lowest BCUT2D eigenvalue weighted by Crippen LogP contribution is -2.14. The number of nitrogens with one attached hydrogen (secondary N) is 1. The molecule has 1 aromatic heterocycles. The smallest absolute Gasteiger partial charge is 0.293 e. The van der Waals surface area contributed by atoms with E-state index in [1.807, 2.05) is 0 Å². The molecule has 0 spiro atoms. The van der Waals surface area contributed by atoms with E-state index in [0.29, 0.717) is 11.6 Å². The highest BCUT2D eigenvalue weighted by Gasteiger charge is 2.19. The van der Waals surface area contributed by atoms with Crippen LogP contribution in [0.25, 0.3) is 0 Å². The fourth-order valence-corrected chi connectivity index (χ4v) is 1.98. The number of hydrogen-bond donors (Lipinski definition) is 1. The average molecular weight is 331 g/mol. The van der Waals surface area contributed by atoms with Gasteiger partial charge >= 0.3 is 0 Å². The molecule has 1 amide bonds. The zero-order valence-electron chi connectivity index (χ0n) is 10.1. The third-order valence-electron chi connectivity index (χ3n) is 2.36. The second-order valence-electron chi connectivity index (χ2n) is 3.85. The van der Waals surface area contributed by atoms with Gasteiger partial charge in [0, 0.05) is 11.4 Å². The Kier molecular flexibility index (Phi) is 3.66. The Morgan fingerprint density at radius 1 is 1.32 bits per heavy atom. The van der Waals surface area contributed by atoms with E-state index in [2.05, 4.69) is 26.2 Å². The van der Waals surface area contributed by atoms with E-state index in [1.54, 1.807) is 13.8 Å². The van der Waals surface area contributed by atoms with Crippen LogP contribution >= 0.6 is 15.9 Å². The number of amides is 1. The first-order valence-corrected chi connectivity index (χ1v) is 6.07. The molecule has 0 aliphatic carbocycles. The lowest BCUT2D eigenvalue weighted by Gasteiger charge is -2.06. The summed E-state index contributed by atoms with van der Waals surface area (Å²) in [6.45, 7) is 3.14. The molecule has 0 saturated heterocycles. The van der Waals surface area contributed by atoms with Crippen LogP contribution in [-0.2, 0) is 0 Å². The van der Waals surface area contributed by atoms with Crippen molar-refractivity contribution >= 4 is 27.5 Å². The minimum absolute atomic E-state index is 0.0702. The molecule has 1 N–H and O–H groups in total. The van der Waals surface area contributed by atoms with Gasteiger partial charge in [-0.15, -0.1) is 0 Å². The second-order valence-corrected chi connectivity index (χ2v) is 4.76. The number of halogens is 3. The van der Waals surface area contributed by atoms with Gasteiger partial charge in [0.1, 0.15) is 5.69 Å². The predicted molar refractivity (Wildman–Crippen MR) is 68.0 cm³/mol. The zero-order valence-corrected chi connectivity index (χ0v) is 11.6. The molecule has 0 bridgehead atoms. The van der Waals surface area contributed by atoms with Crippen LogP contribution in [0.15, 0.2) is 21.0 Å². The number of rotatable bonds is 2. The van der Waals surface area contributed by atoms with E-state index in [0.717, 1.165) is 12.1 Å². The highest BCUT2D eigenvalue weighted by molar-refractivity contribution is 9.10. The number of carbonyl (C=O) groups excluding carboxylic acids is 1. The van der Waals surface area contributed by atoms with Crippen LogP contribution in [0.1, 0.15) is 22.1 Å². The van der Waals surface area contributed by atoms with E-state index < -0.39 is 23.2 Å². The summed E-state index contributed by atoms with van der Waals surface area (Å²) >= 11 is 2.95. The van der Waals surface area contributed by atoms with Gasteiger partial charge in [0.05, 0.1) is 5.69 Å². The Labute approximate surface area is 116 Å². The monoisotopic (exact) mass is 330 g/mol. The van der Waals surface area contributed by atoms with Crippen molar-refractivity contribution in [2.45, 2.75) is 13.8 Å². The third-order valence-corrected chi connectivity index (χ3v) is 2.81. The normalized spacial score (nSPS) is 10.6. The van der Waals surface area contributed by atoms with Crippen LogP contribution in [0.2, 0.25) is 0 Å². The van der Waals surface area contributed by atoms with Crippen molar-refractivity contribution < 1.29 is 18.0 Å². The van der Waals surface area contributed by atoms with Crippen LogP contribution in [0, 0.1) is 25.5 Å². The summed E-state index contributed by atoms with van der Waals surface area (Å²) in [5.41, 5.74) is -0.172. The maximum absolute atomic E-state index is 13.6. The van der Waals surface area contributed by atoms with Gasteiger partial charge in [-0.1, -0.05) is 15.9 Å². The van der Waals surface area contributed by atoms with E-state index in [-0.39, 0.29) is 10.2 Å². The lowest BCUT2D eigenvalue weighted by atomic mass is 10.2. The average Bonchev–Trinajstić information content (AvgIpc) is 2.62. The lowest BCUT2D eigenvalue weighted by molar-refractivity contribution is 0.0993. The molecule has 0 aliphatic rings. The van der Waals surface area contributed by atoms with E-state index in [9.17, 15) is 13.6 Å². The molecule has 2 rings (SSSR count). The third kappa shape index (κ3) is 2.81. The molecule has 7 heteroatoms. The number of aromatic nitrogens is 1. The molecule has 100 valence electrons. The Bertz CT molecular complexity index is 632. The van der Waals surface area contributed by atoms with Crippen molar-refractivity contribution in [1.29, 1.82) is 0 Å². The highest BCUT2D eigenvalue weighted by atomic mass is 79.9. The second kappa shape index (κ2) is 5.08. The minimum Gasteiger partial charge on any atom is -0.436 e. The van der Waals surface area contributed by atoms with Crippen LogP contribution in [0.4, 0.5) is 14.5 Å². The summed E-state index contributed by atoms with van der Waals surface area (Å²) < 4.78 is 32.4. The van der Waals surface area contributed by atoms with Crippen molar-refractivity contribution in [3.63, 3.8) is 0 Å². The van der Waals surface area contributed by atoms with Gasteiger partial charge in [-0.25, -0.2) is 13.8 Å². The SMILES string of the molecule is Cc1nc(C)c(C(=O)Nc2c(F)cc(Br)cc2F)o1. The Hall–Kier alpha value is -1.76. The van der Waals surface area contributed by atoms with Gasteiger partial charge in [-0.05, 0) is 19.1 Å². The summed E-state index contributed by atoms with van der Waals surface area (Å²) in [5, 5.41) is 2.13. The van der Waals surface area contributed by atoms with Gasteiger partial charge in [0.15, 0.2) is 17.5 Å². The van der Waals surface area contributed by atoms with Crippen molar-refractivity contribution in [1.82, 2.24) is 4.98 Å². The van der Waals surface area contributed by atoms with E-state index in [4.69, 9.17) is 4.42 Å². The number of benzene rings is 1. The molecule has 0 radical (unpaired) electrons. The number of carbonyl (C=O) groups is 1. The van der Waals surface area contributed by atoms with E-state index >= 15 is 0 Å². The molecular formula is C12H9BrF2N2O2. The molecule has 0 fully saturated rings. The summed E-state index contributed by atoms with van der Waals surface area (Å²) in [6.07, 6.45) is 0. The highest BCUT2D eigenvalue weighted by Crippen LogP contribution is 2.24. The Morgan fingerprint density at radius 2 is 1.89 bits per heavy atom. The van der Waals surface area contributed by atoms with Crippen LogP contribution in [-0.4, -0.2) is 10.9 Å². The van der Waals surface area contributed by atoms with Crippen LogP contribution < -0.4 is 5.32 Å². The van der Waals surface area contributed by atoms with Crippen LogP contribution in [0.3, 0.4) is 0 Å². The number of aryl methyl sites for hydroxylation is 2. The summed E-state index contributed by atoms with van der Waals surface area (Å²) in [5.74, 6) is -2.28. The summed E-state index contributed by atoms with van der Waals surface area (Å²) in [6, 6.07) is 2.11. The molecule has 0 atom stereocenters. The van der Waals surface area contributed by atoms with Crippen molar-refractivity contribution in [2.24, 2.45) is 0 Å². The maximum atomic E-state index is 13.6. The fraction of sp³-hybridized carbons (Fsp3) is 0.167. The molecule has 2 aromatic rings. The van der Waals surface area contributed by atoms with Crippen LogP contribution in [0.5, 0.6) is 0 Å². The molecular weight excluding hydrogens is 322 g/mol. The topological polar surface area (TPSA) is 55.1 Å².